The normalized spacial score (nSPS) is 20.4. The number of rotatable bonds is 5. The first kappa shape index (κ1) is 13.5. The summed E-state index contributed by atoms with van der Waals surface area (Å²) in [5, 5.41) is 0. The van der Waals surface area contributed by atoms with Gasteiger partial charge in [-0.3, -0.25) is 4.99 Å². The lowest BCUT2D eigenvalue weighted by molar-refractivity contribution is 0.192. The zero-order chi connectivity index (χ0) is 12.0. The number of nitrogens with zero attached hydrogens (tertiary/aromatic N) is 1. The average Bonchev–Trinajstić information content (AvgIpc) is 2.69. The van der Waals surface area contributed by atoms with E-state index >= 15 is 0 Å². The monoisotopic (exact) mass is 225 g/mol. The lowest BCUT2D eigenvalue weighted by Crippen LogP contribution is -2.18. The SMILES string of the molecule is CCC(C)O/C(CC1CCCC1)=N\C(C)C. The van der Waals surface area contributed by atoms with Gasteiger partial charge in [0.2, 0.25) is 0 Å². The van der Waals surface area contributed by atoms with Gasteiger partial charge in [-0.15, -0.1) is 0 Å². The van der Waals surface area contributed by atoms with Gasteiger partial charge in [-0.05, 0) is 46.0 Å². The summed E-state index contributed by atoms with van der Waals surface area (Å²) < 4.78 is 5.92. The Kier molecular flexibility index (Phi) is 5.86. The van der Waals surface area contributed by atoms with Crippen LogP contribution < -0.4 is 0 Å². The molecule has 1 rings (SSSR count). The lowest BCUT2D eigenvalue weighted by atomic mass is 10.0. The summed E-state index contributed by atoms with van der Waals surface area (Å²) in [6.07, 6.45) is 7.93. The molecule has 2 nitrogen and oxygen atoms in total. The van der Waals surface area contributed by atoms with Crippen molar-refractivity contribution in [1.29, 1.82) is 0 Å². The van der Waals surface area contributed by atoms with Crippen molar-refractivity contribution in [2.75, 3.05) is 0 Å². The summed E-state index contributed by atoms with van der Waals surface area (Å²) in [5.41, 5.74) is 0. The first-order valence-corrected chi connectivity index (χ1v) is 6.85. The van der Waals surface area contributed by atoms with E-state index in [1.165, 1.54) is 25.7 Å². The van der Waals surface area contributed by atoms with Crippen molar-refractivity contribution in [2.24, 2.45) is 10.9 Å². The molecule has 0 amide bonds. The molecule has 0 aliphatic heterocycles. The van der Waals surface area contributed by atoms with E-state index in [-0.39, 0.29) is 0 Å². The number of aliphatic imine (C=N–C) groups is 1. The van der Waals surface area contributed by atoms with Gasteiger partial charge >= 0.3 is 0 Å². The van der Waals surface area contributed by atoms with Crippen LogP contribution in [0.1, 0.15) is 66.2 Å². The first-order chi connectivity index (χ1) is 7.61. The highest BCUT2D eigenvalue weighted by Gasteiger charge is 2.19. The molecule has 0 N–H and O–H groups in total. The van der Waals surface area contributed by atoms with Crippen LogP contribution in [-0.2, 0) is 4.74 Å². The Bertz CT molecular complexity index is 217. The van der Waals surface area contributed by atoms with E-state index in [9.17, 15) is 0 Å². The second-order valence-corrected chi connectivity index (χ2v) is 5.31. The summed E-state index contributed by atoms with van der Waals surface area (Å²) in [6, 6.07) is 0.348. The summed E-state index contributed by atoms with van der Waals surface area (Å²) in [5.74, 6) is 1.82. The molecule has 2 heteroatoms. The van der Waals surface area contributed by atoms with E-state index < -0.39 is 0 Å². The average molecular weight is 225 g/mol. The third-order valence-corrected chi connectivity index (χ3v) is 3.25. The molecule has 0 aromatic carbocycles. The van der Waals surface area contributed by atoms with E-state index in [0.29, 0.717) is 12.1 Å². The van der Waals surface area contributed by atoms with Gasteiger partial charge in [-0.25, -0.2) is 0 Å². The van der Waals surface area contributed by atoms with Gasteiger partial charge in [0.25, 0.3) is 0 Å². The fourth-order valence-electron chi connectivity index (χ4n) is 2.20. The van der Waals surface area contributed by atoms with Crippen LogP contribution in [0.3, 0.4) is 0 Å². The molecule has 0 heterocycles. The molecular weight excluding hydrogens is 198 g/mol. The fraction of sp³-hybridized carbons (Fsp3) is 0.929. The maximum Gasteiger partial charge on any atom is 0.183 e. The predicted molar refractivity (Wildman–Crippen MR) is 70.0 cm³/mol. The number of hydrogen-bond acceptors (Lipinski definition) is 2. The quantitative estimate of drug-likeness (QED) is 0.508. The van der Waals surface area contributed by atoms with Gasteiger partial charge in [0.1, 0.15) is 0 Å². The van der Waals surface area contributed by atoms with Gasteiger partial charge < -0.3 is 4.74 Å². The molecule has 0 spiro atoms. The van der Waals surface area contributed by atoms with Crippen molar-refractivity contribution in [3.8, 4) is 0 Å². The van der Waals surface area contributed by atoms with Crippen LogP contribution in [0, 0.1) is 5.92 Å². The maximum absolute atomic E-state index is 5.92. The Morgan fingerprint density at radius 3 is 2.38 bits per heavy atom. The molecule has 16 heavy (non-hydrogen) atoms. The van der Waals surface area contributed by atoms with Gasteiger partial charge in [0.15, 0.2) is 5.90 Å². The Labute approximate surface area is 100 Å². The maximum atomic E-state index is 5.92. The first-order valence-electron chi connectivity index (χ1n) is 6.85. The van der Waals surface area contributed by atoms with Crippen molar-refractivity contribution in [1.82, 2.24) is 0 Å². The largest absolute Gasteiger partial charge is 0.478 e. The highest BCUT2D eigenvalue weighted by atomic mass is 16.5. The number of hydrogen-bond donors (Lipinski definition) is 0. The van der Waals surface area contributed by atoms with Crippen LogP contribution in [0.25, 0.3) is 0 Å². The molecule has 1 fully saturated rings. The van der Waals surface area contributed by atoms with Crippen LogP contribution in [0.5, 0.6) is 0 Å². The highest BCUT2D eigenvalue weighted by molar-refractivity contribution is 5.76. The van der Waals surface area contributed by atoms with Gasteiger partial charge in [0, 0.05) is 12.5 Å². The minimum absolute atomic E-state index is 0.305. The predicted octanol–water partition coefficient (Wildman–Crippen LogP) is 4.19. The third-order valence-electron chi connectivity index (χ3n) is 3.25. The molecule has 0 aromatic rings. The number of ether oxygens (including phenoxy) is 1. The molecule has 1 atom stereocenters. The molecule has 0 aromatic heterocycles. The summed E-state index contributed by atoms with van der Waals surface area (Å²) in [4.78, 5) is 4.62. The molecule has 0 saturated heterocycles. The molecule has 1 saturated carbocycles. The van der Waals surface area contributed by atoms with Crippen molar-refractivity contribution in [2.45, 2.75) is 78.4 Å². The Balaban J connectivity index is 2.49. The van der Waals surface area contributed by atoms with Crippen LogP contribution in [-0.4, -0.2) is 18.0 Å². The van der Waals surface area contributed by atoms with Crippen molar-refractivity contribution in [3.05, 3.63) is 0 Å². The van der Waals surface area contributed by atoms with Crippen molar-refractivity contribution < 1.29 is 4.74 Å². The minimum atomic E-state index is 0.305. The summed E-state index contributed by atoms with van der Waals surface area (Å²) >= 11 is 0. The smallest absolute Gasteiger partial charge is 0.183 e. The Morgan fingerprint density at radius 1 is 1.25 bits per heavy atom. The molecular formula is C14H27NO. The van der Waals surface area contributed by atoms with E-state index in [0.717, 1.165) is 24.7 Å². The molecule has 0 radical (unpaired) electrons. The standard InChI is InChI=1S/C14H27NO/c1-5-12(4)16-14(15-11(2)3)10-13-8-6-7-9-13/h11-13H,5-10H2,1-4H3/b15-14-. The zero-order valence-electron chi connectivity index (χ0n) is 11.3. The minimum Gasteiger partial charge on any atom is -0.478 e. The van der Waals surface area contributed by atoms with Crippen LogP contribution in [0.15, 0.2) is 4.99 Å². The van der Waals surface area contributed by atoms with Gasteiger partial charge in [-0.1, -0.05) is 19.8 Å². The molecule has 0 bridgehead atoms. The van der Waals surface area contributed by atoms with E-state index in [2.05, 4.69) is 32.7 Å². The van der Waals surface area contributed by atoms with E-state index in [1.807, 2.05) is 0 Å². The van der Waals surface area contributed by atoms with Crippen molar-refractivity contribution in [3.63, 3.8) is 0 Å². The van der Waals surface area contributed by atoms with Crippen LogP contribution >= 0.6 is 0 Å². The second-order valence-electron chi connectivity index (χ2n) is 5.31. The highest BCUT2D eigenvalue weighted by Crippen LogP contribution is 2.28. The lowest BCUT2D eigenvalue weighted by Gasteiger charge is -2.18. The third kappa shape index (κ3) is 5.00. The fourth-order valence-corrected chi connectivity index (χ4v) is 2.20. The summed E-state index contributed by atoms with van der Waals surface area (Å²) in [6.45, 7) is 8.53. The van der Waals surface area contributed by atoms with Crippen molar-refractivity contribution >= 4 is 5.90 Å². The van der Waals surface area contributed by atoms with Crippen LogP contribution in [0.2, 0.25) is 0 Å². The molecule has 1 aliphatic rings. The van der Waals surface area contributed by atoms with E-state index in [4.69, 9.17) is 4.74 Å². The topological polar surface area (TPSA) is 21.6 Å². The molecule has 1 aliphatic carbocycles. The van der Waals surface area contributed by atoms with Crippen LogP contribution in [0.4, 0.5) is 0 Å². The van der Waals surface area contributed by atoms with Gasteiger partial charge in [-0.2, -0.15) is 0 Å². The zero-order valence-corrected chi connectivity index (χ0v) is 11.3. The summed E-state index contributed by atoms with van der Waals surface area (Å²) in [7, 11) is 0. The molecule has 94 valence electrons. The molecule has 1 unspecified atom stereocenters. The van der Waals surface area contributed by atoms with E-state index in [1.54, 1.807) is 0 Å². The van der Waals surface area contributed by atoms with Gasteiger partial charge in [0.05, 0.1) is 6.10 Å². The Hall–Kier alpha value is -0.530. The second kappa shape index (κ2) is 6.93. The Morgan fingerprint density at radius 2 is 1.88 bits per heavy atom.